The minimum absolute atomic E-state index is 0.0870. The number of hydrogen-bond donors (Lipinski definition) is 2. The van der Waals surface area contributed by atoms with Crippen LogP contribution in [0.3, 0.4) is 0 Å². The van der Waals surface area contributed by atoms with Gasteiger partial charge in [0, 0.05) is 29.0 Å². The molecule has 0 saturated carbocycles. The summed E-state index contributed by atoms with van der Waals surface area (Å²) in [7, 11) is 0. The quantitative estimate of drug-likeness (QED) is 0.874. The van der Waals surface area contributed by atoms with Crippen LogP contribution in [0.5, 0.6) is 0 Å². The number of carbonyl (C=O) groups excluding carboxylic acids is 1. The van der Waals surface area contributed by atoms with E-state index in [2.05, 4.69) is 10.6 Å². The Morgan fingerprint density at radius 1 is 1.11 bits per heavy atom. The van der Waals surface area contributed by atoms with E-state index in [-0.39, 0.29) is 5.91 Å². The highest BCUT2D eigenvalue weighted by molar-refractivity contribution is 6.31. The molecule has 0 aliphatic heterocycles. The van der Waals surface area contributed by atoms with Gasteiger partial charge in [0.05, 0.1) is 0 Å². The van der Waals surface area contributed by atoms with Gasteiger partial charge < -0.3 is 10.6 Å². The van der Waals surface area contributed by atoms with E-state index in [9.17, 15) is 4.79 Å². The van der Waals surface area contributed by atoms with E-state index in [1.165, 1.54) is 6.92 Å². The third-order valence-corrected chi connectivity index (χ3v) is 3.14. The first-order chi connectivity index (χ1) is 9.06. The molecule has 0 radical (unpaired) electrons. The third kappa shape index (κ3) is 3.48. The van der Waals surface area contributed by atoms with Gasteiger partial charge >= 0.3 is 0 Å². The fraction of sp³-hybridized carbons (Fsp3) is 0.133. The molecule has 2 aromatic rings. The molecular weight excluding hydrogens is 260 g/mol. The van der Waals surface area contributed by atoms with Gasteiger partial charge in [0.15, 0.2) is 0 Å². The van der Waals surface area contributed by atoms with Gasteiger partial charge in [0.1, 0.15) is 0 Å². The van der Waals surface area contributed by atoms with Crippen LogP contribution in [-0.2, 0) is 4.79 Å². The molecule has 0 aliphatic carbocycles. The second-order valence-corrected chi connectivity index (χ2v) is 4.71. The molecule has 2 aromatic carbocycles. The maximum absolute atomic E-state index is 11.0. The molecule has 0 unspecified atom stereocenters. The lowest BCUT2D eigenvalue weighted by molar-refractivity contribution is -0.114. The second kappa shape index (κ2) is 5.76. The Morgan fingerprint density at radius 3 is 2.53 bits per heavy atom. The van der Waals surface area contributed by atoms with Gasteiger partial charge in [-0.1, -0.05) is 23.7 Å². The average molecular weight is 275 g/mol. The van der Waals surface area contributed by atoms with Crippen molar-refractivity contribution in [1.29, 1.82) is 0 Å². The number of nitrogens with one attached hydrogen (secondary N) is 2. The summed E-state index contributed by atoms with van der Waals surface area (Å²) in [5, 5.41) is 6.77. The Hall–Kier alpha value is -2.00. The molecule has 98 valence electrons. The maximum Gasteiger partial charge on any atom is 0.221 e. The largest absolute Gasteiger partial charge is 0.355 e. The number of carbonyl (C=O) groups is 1. The molecular formula is C15H15ClN2O. The number of amides is 1. The van der Waals surface area contributed by atoms with Crippen LogP contribution < -0.4 is 10.6 Å². The highest BCUT2D eigenvalue weighted by Gasteiger charge is 2.03. The van der Waals surface area contributed by atoms with Crippen molar-refractivity contribution in [2.75, 3.05) is 10.6 Å². The number of anilines is 3. The summed E-state index contributed by atoms with van der Waals surface area (Å²) in [4.78, 5) is 11.0. The molecule has 3 nitrogen and oxygen atoms in total. The maximum atomic E-state index is 11.0. The first-order valence-electron chi connectivity index (χ1n) is 5.96. The molecule has 0 aliphatic rings. The van der Waals surface area contributed by atoms with Crippen molar-refractivity contribution < 1.29 is 4.79 Å². The van der Waals surface area contributed by atoms with Gasteiger partial charge in [-0.15, -0.1) is 0 Å². The van der Waals surface area contributed by atoms with Crippen molar-refractivity contribution in [3.63, 3.8) is 0 Å². The van der Waals surface area contributed by atoms with Crippen molar-refractivity contribution in [3.8, 4) is 0 Å². The van der Waals surface area contributed by atoms with Crippen LogP contribution >= 0.6 is 11.6 Å². The van der Waals surface area contributed by atoms with Gasteiger partial charge in [-0.25, -0.2) is 0 Å². The van der Waals surface area contributed by atoms with Gasteiger partial charge in [0.2, 0.25) is 5.91 Å². The second-order valence-electron chi connectivity index (χ2n) is 4.30. The molecule has 1 amide bonds. The third-order valence-electron chi connectivity index (χ3n) is 2.73. The molecule has 0 saturated heterocycles. The topological polar surface area (TPSA) is 41.1 Å². The molecule has 0 atom stereocenters. The van der Waals surface area contributed by atoms with Crippen molar-refractivity contribution in [3.05, 3.63) is 53.1 Å². The SMILES string of the molecule is CC(=O)Nc1cccc(Nc2cccc(Cl)c2C)c1. The van der Waals surface area contributed by atoms with Crippen molar-refractivity contribution >= 4 is 34.6 Å². The Labute approximate surface area is 117 Å². The number of hydrogen-bond acceptors (Lipinski definition) is 2. The average Bonchev–Trinajstić information content (AvgIpc) is 2.35. The van der Waals surface area contributed by atoms with Crippen molar-refractivity contribution in [2.45, 2.75) is 13.8 Å². The molecule has 4 heteroatoms. The molecule has 2 rings (SSSR count). The van der Waals surface area contributed by atoms with E-state index in [1.807, 2.05) is 49.4 Å². The zero-order valence-corrected chi connectivity index (χ0v) is 11.6. The van der Waals surface area contributed by atoms with Crippen LogP contribution in [0.25, 0.3) is 0 Å². The summed E-state index contributed by atoms with van der Waals surface area (Å²) in [5.41, 5.74) is 3.61. The highest BCUT2D eigenvalue weighted by Crippen LogP contribution is 2.27. The molecule has 19 heavy (non-hydrogen) atoms. The summed E-state index contributed by atoms with van der Waals surface area (Å²) in [6, 6.07) is 13.3. The van der Waals surface area contributed by atoms with Crippen molar-refractivity contribution in [1.82, 2.24) is 0 Å². The molecule has 0 fully saturated rings. The van der Waals surface area contributed by atoms with Crippen LogP contribution in [0.1, 0.15) is 12.5 Å². The van der Waals surface area contributed by atoms with E-state index < -0.39 is 0 Å². The molecule has 0 heterocycles. The summed E-state index contributed by atoms with van der Waals surface area (Å²) < 4.78 is 0. The first-order valence-corrected chi connectivity index (χ1v) is 6.34. The monoisotopic (exact) mass is 274 g/mol. The summed E-state index contributed by atoms with van der Waals surface area (Å²) in [6.07, 6.45) is 0. The fourth-order valence-electron chi connectivity index (χ4n) is 1.78. The van der Waals surface area contributed by atoms with E-state index in [0.717, 1.165) is 27.6 Å². The molecule has 0 spiro atoms. The van der Waals surface area contributed by atoms with Gasteiger partial charge in [-0.05, 0) is 42.8 Å². The predicted molar refractivity (Wildman–Crippen MR) is 80.2 cm³/mol. The lowest BCUT2D eigenvalue weighted by Crippen LogP contribution is -2.05. The van der Waals surface area contributed by atoms with Gasteiger partial charge in [-0.3, -0.25) is 4.79 Å². The smallest absolute Gasteiger partial charge is 0.221 e. The van der Waals surface area contributed by atoms with E-state index in [4.69, 9.17) is 11.6 Å². The lowest BCUT2D eigenvalue weighted by atomic mass is 10.2. The van der Waals surface area contributed by atoms with Gasteiger partial charge in [-0.2, -0.15) is 0 Å². The van der Waals surface area contributed by atoms with Crippen LogP contribution in [0.4, 0.5) is 17.1 Å². The van der Waals surface area contributed by atoms with E-state index >= 15 is 0 Å². The number of rotatable bonds is 3. The summed E-state index contributed by atoms with van der Waals surface area (Å²) in [6.45, 7) is 3.45. The number of benzene rings is 2. The Kier molecular flexibility index (Phi) is 4.07. The van der Waals surface area contributed by atoms with Crippen LogP contribution in [0.2, 0.25) is 5.02 Å². The zero-order chi connectivity index (χ0) is 13.8. The summed E-state index contributed by atoms with van der Waals surface area (Å²) in [5.74, 6) is -0.0870. The highest BCUT2D eigenvalue weighted by atomic mass is 35.5. The lowest BCUT2D eigenvalue weighted by Gasteiger charge is -2.12. The molecule has 0 aromatic heterocycles. The Balaban J connectivity index is 2.23. The molecule has 0 bridgehead atoms. The minimum Gasteiger partial charge on any atom is -0.355 e. The van der Waals surface area contributed by atoms with Crippen LogP contribution in [0.15, 0.2) is 42.5 Å². The standard InChI is InChI=1S/C15H15ClN2O/c1-10-14(16)7-4-8-15(10)18-13-6-3-5-12(9-13)17-11(2)19/h3-9,18H,1-2H3,(H,17,19). The van der Waals surface area contributed by atoms with E-state index in [0.29, 0.717) is 0 Å². The predicted octanol–water partition coefficient (Wildman–Crippen LogP) is 4.35. The summed E-state index contributed by atoms with van der Waals surface area (Å²) >= 11 is 6.08. The van der Waals surface area contributed by atoms with Crippen LogP contribution in [-0.4, -0.2) is 5.91 Å². The van der Waals surface area contributed by atoms with Gasteiger partial charge in [0.25, 0.3) is 0 Å². The fourth-order valence-corrected chi connectivity index (χ4v) is 1.95. The Morgan fingerprint density at radius 2 is 1.79 bits per heavy atom. The van der Waals surface area contributed by atoms with E-state index in [1.54, 1.807) is 0 Å². The van der Waals surface area contributed by atoms with Crippen LogP contribution in [0, 0.1) is 6.92 Å². The normalized spacial score (nSPS) is 10.1. The first kappa shape index (κ1) is 13.4. The molecule has 2 N–H and O–H groups in total. The van der Waals surface area contributed by atoms with Crippen molar-refractivity contribution in [2.24, 2.45) is 0 Å². The Bertz CT molecular complexity index is 611. The number of halogens is 1. The minimum atomic E-state index is -0.0870. The zero-order valence-electron chi connectivity index (χ0n) is 10.8.